The molecule has 2 aromatic rings. The topological polar surface area (TPSA) is 116 Å². The zero-order valence-corrected chi connectivity index (χ0v) is 15.6. The largest absolute Gasteiger partial charge is 0.573 e. The molecule has 3 N–H and O–H groups in total. The maximum Gasteiger partial charge on any atom is 0.573 e. The highest BCUT2D eigenvalue weighted by atomic mass is 32.2. The Morgan fingerprint density at radius 3 is 2.38 bits per heavy atom. The molecule has 0 unspecified atom stereocenters. The van der Waals surface area contributed by atoms with Gasteiger partial charge in [0.15, 0.2) is 17.3 Å². The molecule has 0 fully saturated rings. The van der Waals surface area contributed by atoms with Crippen LogP contribution >= 0.6 is 0 Å². The monoisotopic (exact) mass is 437 g/mol. The molecule has 29 heavy (non-hydrogen) atoms. The molecular weight excluding hydrogens is 422 g/mol. The Morgan fingerprint density at radius 1 is 1.21 bits per heavy atom. The highest BCUT2D eigenvalue weighted by Gasteiger charge is 2.35. The lowest BCUT2D eigenvalue weighted by molar-refractivity contribution is -0.274. The molecule has 0 aromatic heterocycles. The van der Waals surface area contributed by atoms with Crippen molar-refractivity contribution >= 4 is 16.0 Å². The van der Waals surface area contributed by atoms with Gasteiger partial charge in [-0.3, -0.25) is 4.79 Å². The molecule has 0 aliphatic carbocycles. The highest BCUT2D eigenvalue weighted by Crippen LogP contribution is 2.45. The van der Waals surface area contributed by atoms with E-state index in [9.17, 15) is 35.9 Å². The van der Waals surface area contributed by atoms with E-state index in [1.54, 1.807) is 6.92 Å². The Balaban J connectivity index is 2.87. The van der Waals surface area contributed by atoms with Gasteiger partial charge in [0, 0.05) is 6.42 Å². The van der Waals surface area contributed by atoms with Crippen LogP contribution in [-0.2, 0) is 14.8 Å². The number of carbonyl (C=O) groups excluding carboxylic acids is 1. The van der Waals surface area contributed by atoms with Gasteiger partial charge in [-0.25, -0.2) is 17.9 Å². The van der Waals surface area contributed by atoms with Crippen molar-refractivity contribution in [2.75, 3.05) is 0 Å². The molecule has 12 heteroatoms. The quantitative estimate of drug-likeness (QED) is 0.406. The predicted molar refractivity (Wildman–Crippen MR) is 92.1 cm³/mol. The first-order chi connectivity index (χ1) is 13.3. The lowest BCUT2D eigenvalue weighted by Gasteiger charge is -2.19. The van der Waals surface area contributed by atoms with E-state index in [0.717, 1.165) is 12.1 Å². The van der Waals surface area contributed by atoms with Crippen molar-refractivity contribution < 1.29 is 45.4 Å². The lowest BCUT2D eigenvalue weighted by atomic mass is 10.0. The third kappa shape index (κ3) is 5.57. The van der Waals surface area contributed by atoms with Gasteiger partial charge in [0.05, 0.1) is 5.56 Å². The minimum Gasteiger partial charge on any atom is -0.505 e. The van der Waals surface area contributed by atoms with E-state index in [2.05, 4.69) is 4.74 Å². The summed E-state index contributed by atoms with van der Waals surface area (Å²) in [5.74, 6) is -4.79. The van der Waals surface area contributed by atoms with Gasteiger partial charge in [-0.15, -0.1) is 13.2 Å². The van der Waals surface area contributed by atoms with Crippen LogP contribution in [0.2, 0.25) is 0 Å². The number of sulfonamides is 1. The van der Waals surface area contributed by atoms with E-state index < -0.39 is 55.9 Å². The van der Waals surface area contributed by atoms with Crippen molar-refractivity contribution in [2.45, 2.75) is 31.0 Å². The number of phenols is 1. The van der Waals surface area contributed by atoms with Crippen LogP contribution in [0.4, 0.5) is 17.6 Å². The molecule has 0 bridgehead atoms. The summed E-state index contributed by atoms with van der Waals surface area (Å²) in [6.07, 6.45) is -5.08. The maximum atomic E-state index is 13.8. The zero-order chi connectivity index (χ0) is 22.0. The Labute approximate surface area is 162 Å². The summed E-state index contributed by atoms with van der Waals surface area (Å²) in [7, 11) is -4.56. The van der Waals surface area contributed by atoms with E-state index in [4.69, 9.17) is 9.88 Å². The lowest BCUT2D eigenvalue weighted by Crippen LogP contribution is -2.20. The van der Waals surface area contributed by atoms with Crippen LogP contribution in [-0.4, -0.2) is 25.9 Å². The number of halogens is 4. The van der Waals surface area contributed by atoms with Crippen molar-refractivity contribution in [1.29, 1.82) is 0 Å². The summed E-state index contributed by atoms with van der Waals surface area (Å²) in [5.41, 5.74) is -1.04. The summed E-state index contributed by atoms with van der Waals surface area (Å²) >= 11 is 0. The summed E-state index contributed by atoms with van der Waals surface area (Å²) in [6, 6.07) is 3.75. The number of hydrogen-bond donors (Lipinski definition) is 2. The molecule has 158 valence electrons. The number of carbonyl (C=O) groups is 1. The first-order valence-electron chi connectivity index (χ1n) is 7.98. The van der Waals surface area contributed by atoms with E-state index in [1.807, 2.05) is 0 Å². The summed E-state index contributed by atoms with van der Waals surface area (Å²) in [5, 5.41) is 14.4. The molecule has 2 aromatic carbocycles. The Hall–Kier alpha value is -2.86. The number of primary sulfonamides is 1. The Kier molecular flexibility index (Phi) is 6.38. The summed E-state index contributed by atoms with van der Waals surface area (Å²) < 4.78 is 85.0. The van der Waals surface area contributed by atoms with Gasteiger partial charge >= 0.3 is 12.3 Å². The molecule has 2 rings (SSSR count). The fourth-order valence-corrected chi connectivity index (χ4v) is 3.05. The van der Waals surface area contributed by atoms with Crippen molar-refractivity contribution in [2.24, 2.45) is 5.14 Å². The van der Waals surface area contributed by atoms with Crippen molar-refractivity contribution in [3.63, 3.8) is 0 Å². The fraction of sp³-hybridized carbons (Fsp3) is 0.235. The Morgan fingerprint density at radius 2 is 1.86 bits per heavy atom. The molecular formula is C17H15F4NO6S. The van der Waals surface area contributed by atoms with E-state index in [1.165, 1.54) is 0 Å². The van der Waals surface area contributed by atoms with Gasteiger partial charge in [-0.05, 0) is 36.2 Å². The second-order valence-electron chi connectivity index (χ2n) is 5.75. The van der Waals surface area contributed by atoms with Crippen LogP contribution in [0.15, 0.2) is 35.2 Å². The minimum atomic E-state index is -5.20. The minimum absolute atomic E-state index is 0.183. The number of aromatic hydroxyl groups is 1. The van der Waals surface area contributed by atoms with Crippen LogP contribution in [0, 0.1) is 5.82 Å². The number of rotatable bonds is 6. The summed E-state index contributed by atoms with van der Waals surface area (Å²) in [6.45, 7) is 1.61. The number of phenolic OH excluding ortho intramolecular Hbond substituents is 1. The maximum absolute atomic E-state index is 13.8. The zero-order valence-electron chi connectivity index (χ0n) is 14.8. The van der Waals surface area contributed by atoms with Crippen LogP contribution < -0.4 is 14.6 Å². The average Bonchev–Trinajstić information content (AvgIpc) is 2.55. The number of esters is 1. The fourth-order valence-electron chi connectivity index (χ4n) is 2.39. The molecule has 0 spiro atoms. The van der Waals surface area contributed by atoms with Gasteiger partial charge < -0.3 is 14.6 Å². The van der Waals surface area contributed by atoms with Crippen molar-refractivity contribution in [3.05, 3.63) is 36.1 Å². The number of alkyl halides is 3. The number of hydrogen-bond acceptors (Lipinski definition) is 6. The third-order valence-corrected chi connectivity index (χ3v) is 4.46. The standard InChI is InChI=1S/C17H15F4NO6S/c1-2-3-14(24)27-16-13(29(22,25)26)7-6-12(28-17(19,20)21)15(16)9-4-5-11(23)10(18)8-9/h4-8,23H,2-3H2,1H3,(H2,22,25,26). The molecule has 0 radical (unpaired) electrons. The molecule has 0 atom stereocenters. The van der Waals surface area contributed by atoms with E-state index in [-0.39, 0.29) is 12.0 Å². The van der Waals surface area contributed by atoms with Gasteiger partial charge in [0.25, 0.3) is 0 Å². The van der Waals surface area contributed by atoms with Crippen molar-refractivity contribution in [3.8, 4) is 28.4 Å². The Bertz CT molecular complexity index is 1040. The SMILES string of the molecule is CCCC(=O)Oc1c(S(N)(=O)=O)ccc(OC(F)(F)F)c1-c1ccc(O)c(F)c1. The molecule has 0 aliphatic rings. The molecule has 0 heterocycles. The second kappa shape index (κ2) is 8.25. The van der Waals surface area contributed by atoms with Crippen molar-refractivity contribution in [1.82, 2.24) is 0 Å². The van der Waals surface area contributed by atoms with Crippen LogP contribution in [0.5, 0.6) is 17.2 Å². The number of nitrogens with two attached hydrogens (primary N) is 1. The average molecular weight is 437 g/mol. The summed E-state index contributed by atoms with van der Waals surface area (Å²) in [4.78, 5) is 11.2. The molecule has 0 aliphatic heterocycles. The molecule has 0 amide bonds. The van der Waals surface area contributed by atoms with Crippen LogP contribution in [0.25, 0.3) is 11.1 Å². The predicted octanol–water partition coefficient (Wildman–Crippen LogP) is 3.45. The highest BCUT2D eigenvalue weighted by molar-refractivity contribution is 7.89. The molecule has 0 saturated carbocycles. The third-order valence-electron chi connectivity index (χ3n) is 3.52. The van der Waals surface area contributed by atoms with Gasteiger partial charge in [-0.1, -0.05) is 13.0 Å². The van der Waals surface area contributed by atoms with E-state index in [0.29, 0.717) is 24.6 Å². The van der Waals surface area contributed by atoms with Gasteiger partial charge in [0.1, 0.15) is 10.6 Å². The second-order valence-corrected chi connectivity index (χ2v) is 7.28. The first kappa shape index (κ1) is 22.4. The molecule has 7 nitrogen and oxygen atoms in total. The van der Waals surface area contributed by atoms with E-state index >= 15 is 0 Å². The molecule has 0 saturated heterocycles. The van der Waals surface area contributed by atoms with Crippen LogP contribution in [0.3, 0.4) is 0 Å². The number of ether oxygens (including phenoxy) is 2. The number of benzene rings is 2. The van der Waals surface area contributed by atoms with Gasteiger partial charge in [-0.2, -0.15) is 0 Å². The van der Waals surface area contributed by atoms with Gasteiger partial charge in [0.2, 0.25) is 10.0 Å². The van der Waals surface area contributed by atoms with Crippen LogP contribution in [0.1, 0.15) is 19.8 Å². The normalized spacial score (nSPS) is 11.9. The smallest absolute Gasteiger partial charge is 0.505 e. The first-order valence-corrected chi connectivity index (χ1v) is 9.53.